The van der Waals surface area contributed by atoms with Gasteiger partial charge in [-0.05, 0) is 54.1 Å². The van der Waals surface area contributed by atoms with Crippen LogP contribution in [0.3, 0.4) is 0 Å². The molecule has 0 radical (unpaired) electrons. The molecule has 1 N–H and O–H groups in total. The summed E-state index contributed by atoms with van der Waals surface area (Å²) in [6.45, 7) is 0. The summed E-state index contributed by atoms with van der Waals surface area (Å²) in [5, 5.41) is 13.2. The number of amides is 1. The molecule has 0 aliphatic heterocycles. The number of halogens is 1. The highest BCUT2D eigenvalue weighted by Gasteiger charge is 2.17. The third-order valence-electron chi connectivity index (χ3n) is 4.72. The minimum Gasteiger partial charge on any atom is -0.465 e. The first-order valence-corrected chi connectivity index (χ1v) is 12.1. The van der Waals surface area contributed by atoms with E-state index in [9.17, 15) is 9.59 Å². The number of hydrogen-bond donors (Lipinski definition) is 1. The van der Waals surface area contributed by atoms with E-state index < -0.39 is 5.97 Å². The van der Waals surface area contributed by atoms with Gasteiger partial charge in [-0.2, -0.15) is 5.10 Å². The normalized spacial score (nSPS) is 10.9. The molecule has 0 saturated carbocycles. The Balaban J connectivity index is 1.44. The fraction of sp³-hybridized carbons (Fsp3) is 0.0833. The number of rotatable bonds is 8. The number of esters is 1. The van der Waals surface area contributed by atoms with Crippen molar-refractivity contribution in [3.8, 4) is 17.1 Å². The van der Waals surface area contributed by atoms with E-state index in [-0.39, 0.29) is 11.7 Å². The number of nitrogens with one attached hydrogen (secondary N) is 1. The summed E-state index contributed by atoms with van der Waals surface area (Å²) >= 11 is 4.70. The molecule has 0 atom stereocenters. The van der Waals surface area contributed by atoms with Gasteiger partial charge in [-0.15, -0.1) is 10.2 Å². The van der Waals surface area contributed by atoms with E-state index in [1.807, 2.05) is 41.0 Å². The van der Waals surface area contributed by atoms with Gasteiger partial charge in [-0.3, -0.25) is 14.3 Å². The molecule has 35 heavy (non-hydrogen) atoms. The molecule has 4 aromatic rings. The Bertz CT molecular complexity index is 1340. The standard InChI is InChI=1S/C24H19BrN6O3S/c1-34-23(33)18-4-2-16(3-5-18)14-27-28-21(32)15-35-24-30-29-22(17-10-12-26-13-11-17)31(24)20-8-6-19(25)7-9-20/h2-14H,15H2,1H3,(H,28,32)/b27-14+. The van der Waals surface area contributed by atoms with Gasteiger partial charge in [0.05, 0.1) is 24.6 Å². The zero-order valence-corrected chi connectivity index (χ0v) is 20.9. The number of carbonyl (C=O) groups excluding carboxylic acids is 2. The van der Waals surface area contributed by atoms with Gasteiger partial charge in [0.25, 0.3) is 5.91 Å². The van der Waals surface area contributed by atoms with Crippen LogP contribution in [0.5, 0.6) is 0 Å². The molecule has 1 amide bonds. The first-order chi connectivity index (χ1) is 17.0. The first kappa shape index (κ1) is 24.3. The highest BCUT2D eigenvalue weighted by molar-refractivity contribution is 9.10. The topological polar surface area (TPSA) is 111 Å². The maximum atomic E-state index is 12.4. The summed E-state index contributed by atoms with van der Waals surface area (Å²) in [5.41, 5.74) is 5.38. The smallest absolute Gasteiger partial charge is 0.337 e. The summed E-state index contributed by atoms with van der Waals surface area (Å²) < 4.78 is 7.52. The van der Waals surface area contributed by atoms with Crippen LogP contribution >= 0.6 is 27.7 Å². The summed E-state index contributed by atoms with van der Waals surface area (Å²) in [7, 11) is 1.33. The zero-order valence-electron chi connectivity index (χ0n) is 18.5. The van der Waals surface area contributed by atoms with Gasteiger partial charge in [0, 0.05) is 28.1 Å². The van der Waals surface area contributed by atoms with Crippen LogP contribution in [-0.2, 0) is 9.53 Å². The second-order valence-corrected chi connectivity index (χ2v) is 8.91. The number of aromatic nitrogens is 4. The largest absolute Gasteiger partial charge is 0.465 e. The molecule has 4 rings (SSSR count). The first-order valence-electron chi connectivity index (χ1n) is 10.3. The van der Waals surface area contributed by atoms with Crippen LogP contribution in [0.2, 0.25) is 0 Å². The van der Waals surface area contributed by atoms with Crippen molar-refractivity contribution in [1.29, 1.82) is 0 Å². The Morgan fingerprint density at radius 1 is 1.06 bits per heavy atom. The van der Waals surface area contributed by atoms with Gasteiger partial charge in [0.15, 0.2) is 11.0 Å². The number of hydrogen-bond acceptors (Lipinski definition) is 8. The lowest BCUT2D eigenvalue weighted by Gasteiger charge is -2.10. The molecule has 0 saturated heterocycles. The summed E-state index contributed by atoms with van der Waals surface area (Å²) in [6, 6.07) is 18.1. The van der Waals surface area contributed by atoms with Crippen LogP contribution in [0, 0.1) is 0 Å². The molecule has 9 nitrogen and oxygen atoms in total. The number of pyridine rings is 1. The summed E-state index contributed by atoms with van der Waals surface area (Å²) in [4.78, 5) is 27.9. The SMILES string of the molecule is COC(=O)c1ccc(/C=N/NC(=O)CSc2nnc(-c3ccncc3)n2-c2ccc(Br)cc2)cc1. The molecular formula is C24H19BrN6O3S. The van der Waals surface area contributed by atoms with Gasteiger partial charge in [0.1, 0.15) is 0 Å². The number of carbonyl (C=O) groups is 2. The van der Waals surface area contributed by atoms with Gasteiger partial charge >= 0.3 is 5.97 Å². The van der Waals surface area contributed by atoms with Crippen molar-refractivity contribution in [2.24, 2.45) is 5.10 Å². The second-order valence-electron chi connectivity index (χ2n) is 7.05. The number of methoxy groups -OCH3 is 1. The van der Waals surface area contributed by atoms with E-state index in [2.05, 4.69) is 46.4 Å². The van der Waals surface area contributed by atoms with Crippen LogP contribution in [0.25, 0.3) is 17.1 Å². The summed E-state index contributed by atoms with van der Waals surface area (Å²) in [5.74, 6) is 0.0186. The Kier molecular flexibility index (Phi) is 8.01. The van der Waals surface area contributed by atoms with Crippen LogP contribution < -0.4 is 5.43 Å². The van der Waals surface area contributed by atoms with E-state index in [1.54, 1.807) is 36.7 Å². The third-order valence-corrected chi connectivity index (χ3v) is 6.18. The number of hydrazone groups is 1. The highest BCUT2D eigenvalue weighted by atomic mass is 79.9. The van der Waals surface area contributed by atoms with Crippen LogP contribution in [-0.4, -0.2) is 50.7 Å². The maximum Gasteiger partial charge on any atom is 0.337 e. The lowest BCUT2D eigenvalue weighted by atomic mass is 10.1. The van der Waals surface area contributed by atoms with Gasteiger partial charge in [-0.1, -0.05) is 39.8 Å². The fourth-order valence-corrected chi connectivity index (χ4v) is 4.05. The third kappa shape index (κ3) is 6.19. The number of thioether (sulfide) groups is 1. The number of benzene rings is 2. The predicted molar refractivity (Wildman–Crippen MR) is 137 cm³/mol. The Labute approximate surface area is 213 Å². The van der Waals surface area contributed by atoms with Crippen LogP contribution in [0.15, 0.2) is 87.8 Å². The van der Waals surface area contributed by atoms with Crippen molar-refractivity contribution in [3.63, 3.8) is 0 Å². The van der Waals surface area contributed by atoms with E-state index in [4.69, 9.17) is 0 Å². The summed E-state index contributed by atoms with van der Waals surface area (Å²) in [6.07, 6.45) is 4.88. The molecule has 2 heterocycles. The average Bonchev–Trinajstić information content (AvgIpc) is 3.32. The number of nitrogens with zero attached hydrogens (tertiary/aromatic N) is 5. The monoisotopic (exact) mass is 550 g/mol. The Morgan fingerprint density at radius 3 is 2.46 bits per heavy atom. The lowest BCUT2D eigenvalue weighted by Crippen LogP contribution is -2.20. The molecule has 0 aliphatic carbocycles. The van der Waals surface area contributed by atoms with Crippen molar-refractivity contribution in [1.82, 2.24) is 25.2 Å². The molecule has 176 valence electrons. The van der Waals surface area contributed by atoms with E-state index in [0.29, 0.717) is 16.5 Å². The van der Waals surface area contributed by atoms with Crippen LogP contribution in [0.4, 0.5) is 0 Å². The van der Waals surface area contributed by atoms with Gasteiger partial charge < -0.3 is 4.74 Å². The molecule has 2 aromatic heterocycles. The molecular weight excluding hydrogens is 532 g/mol. The molecule has 0 unspecified atom stereocenters. The van der Waals surface area contributed by atoms with Gasteiger partial charge in [-0.25, -0.2) is 10.2 Å². The molecule has 2 aromatic carbocycles. The minimum absolute atomic E-state index is 0.0869. The quantitative estimate of drug-likeness (QED) is 0.152. The van der Waals surface area contributed by atoms with E-state index in [0.717, 1.165) is 21.3 Å². The van der Waals surface area contributed by atoms with Crippen LogP contribution in [0.1, 0.15) is 15.9 Å². The predicted octanol–water partition coefficient (Wildman–Crippen LogP) is 4.12. The second kappa shape index (κ2) is 11.5. The Morgan fingerprint density at radius 2 is 1.77 bits per heavy atom. The van der Waals surface area contributed by atoms with Crippen molar-refractivity contribution in [2.45, 2.75) is 5.16 Å². The Hall–Kier alpha value is -3.83. The highest BCUT2D eigenvalue weighted by Crippen LogP contribution is 2.28. The van der Waals surface area contributed by atoms with E-state index in [1.165, 1.54) is 25.1 Å². The number of ether oxygens (including phenoxy) is 1. The van der Waals surface area contributed by atoms with Gasteiger partial charge in [0.2, 0.25) is 0 Å². The van der Waals surface area contributed by atoms with Crippen molar-refractivity contribution in [2.75, 3.05) is 12.9 Å². The van der Waals surface area contributed by atoms with Crippen molar-refractivity contribution >= 4 is 45.8 Å². The van der Waals surface area contributed by atoms with Crippen molar-refractivity contribution in [3.05, 3.63) is 88.7 Å². The maximum absolute atomic E-state index is 12.4. The lowest BCUT2D eigenvalue weighted by molar-refractivity contribution is -0.118. The molecule has 0 aliphatic rings. The fourth-order valence-electron chi connectivity index (χ4n) is 3.04. The molecule has 0 spiro atoms. The van der Waals surface area contributed by atoms with Crippen molar-refractivity contribution < 1.29 is 14.3 Å². The van der Waals surface area contributed by atoms with E-state index >= 15 is 0 Å². The molecule has 11 heteroatoms. The minimum atomic E-state index is -0.415. The molecule has 0 fully saturated rings. The average molecular weight is 551 g/mol. The molecule has 0 bridgehead atoms. The zero-order chi connectivity index (χ0) is 24.6.